The Hall–Kier alpha value is -7.93. The molecule has 1 heterocycles. The predicted octanol–water partition coefficient (Wildman–Crippen LogP) is 13.7. The fourth-order valence-corrected chi connectivity index (χ4v) is 7.50. The maximum Gasteiger partial charge on any atom is 0.160 e. The minimum Gasteiger partial charge on any atom is -0.228 e. The Morgan fingerprint density at radius 3 is 1.17 bits per heavy atom. The maximum absolute atomic E-state index is 9.82. The zero-order valence-electron chi connectivity index (χ0n) is 31.7. The van der Waals surface area contributed by atoms with Crippen molar-refractivity contribution in [1.29, 1.82) is 5.26 Å². The zero-order chi connectivity index (χ0) is 39.1. The molecule has 0 aliphatic rings. The summed E-state index contributed by atoms with van der Waals surface area (Å²) in [4.78, 5) is 10.4. The minimum absolute atomic E-state index is 0.607. The Bertz CT molecular complexity index is 2800. The molecule has 8 aromatic carbocycles. The second-order valence-electron chi connectivity index (χ2n) is 14.1. The smallest absolute Gasteiger partial charge is 0.160 e. The van der Waals surface area contributed by atoms with Crippen LogP contribution < -0.4 is 0 Å². The van der Waals surface area contributed by atoms with Crippen molar-refractivity contribution < 1.29 is 0 Å². The quantitative estimate of drug-likeness (QED) is 0.139. The van der Waals surface area contributed by atoms with Gasteiger partial charge in [-0.25, -0.2) is 9.97 Å². The number of nitriles is 1. The molecule has 0 aliphatic carbocycles. The minimum atomic E-state index is 0.607. The second-order valence-corrected chi connectivity index (χ2v) is 14.1. The maximum atomic E-state index is 9.82. The Morgan fingerprint density at radius 1 is 0.310 bits per heavy atom. The summed E-state index contributed by atoms with van der Waals surface area (Å²) in [5.41, 5.74) is 16.1. The molecule has 3 heteroatoms. The van der Waals surface area contributed by atoms with Gasteiger partial charge in [0.2, 0.25) is 0 Å². The molecule has 0 spiro atoms. The van der Waals surface area contributed by atoms with E-state index in [1.54, 1.807) is 0 Å². The van der Waals surface area contributed by atoms with E-state index >= 15 is 0 Å². The highest BCUT2D eigenvalue weighted by Gasteiger charge is 2.18. The number of benzene rings is 8. The van der Waals surface area contributed by atoms with Crippen molar-refractivity contribution in [2.24, 2.45) is 0 Å². The van der Waals surface area contributed by atoms with Crippen LogP contribution in [0.25, 0.3) is 67.3 Å². The van der Waals surface area contributed by atoms with Crippen molar-refractivity contribution in [2.45, 2.75) is 0 Å². The van der Waals surface area contributed by atoms with E-state index in [9.17, 15) is 5.26 Å². The van der Waals surface area contributed by atoms with Gasteiger partial charge < -0.3 is 0 Å². The first kappa shape index (κ1) is 35.8. The molecular formula is C55H37N3. The monoisotopic (exact) mass is 739 g/mol. The standard InChI is InChI=1S/C55H37N3/c56-38-39-17-16-28-47(33-39)49-34-48(35-50(36-49)55-57-51(41-18-6-1-7-19-41)37-52(58-55)42-20-8-2-9-21-42)40-29-31-46(32-30-40)54(45-26-14-5-15-27-45)53(43-22-10-3-11-23-43)44-24-12-4-13-25-44/h1-37H. The van der Waals surface area contributed by atoms with Crippen LogP contribution in [0.4, 0.5) is 0 Å². The van der Waals surface area contributed by atoms with Crippen LogP contribution in [-0.4, -0.2) is 9.97 Å². The Morgan fingerprint density at radius 2 is 0.707 bits per heavy atom. The summed E-state index contributed by atoms with van der Waals surface area (Å²) < 4.78 is 0. The average molecular weight is 740 g/mol. The lowest BCUT2D eigenvalue weighted by Gasteiger charge is -2.18. The number of hydrogen-bond donors (Lipinski definition) is 0. The van der Waals surface area contributed by atoms with Crippen molar-refractivity contribution in [2.75, 3.05) is 0 Å². The molecule has 0 aliphatic heterocycles. The lowest BCUT2D eigenvalue weighted by molar-refractivity contribution is 1.18. The molecule has 9 aromatic rings. The molecule has 0 radical (unpaired) electrons. The molecule has 9 rings (SSSR count). The molecule has 0 saturated carbocycles. The van der Waals surface area contributed by atoms with E-state index in [0.29, 0.717) is 11.4 Å². The van der Waals surface area contributed by atoms with Crippen molar-refractivity contribution in [3.8, 4) is 62.2 Å². The Kier molecular flexibility index (Phi) is 10.1. The van der Waals surface area contributed by atoms with Gasteiger partial charge in [0.05, 0.1) is 23.0 Å². The van der Waals surface area contributed by atoms with E-state index in [2.05, 4.69) is 176 Å². The summed E-state index contributed by atoms with van der Waals surface area (Å²) in [5, 5.41) is 9.82. The number of aromatic nitrogens is 2. The molecular weight excluding hydrogens is 703 g/mol. The fourth-order valence-electron chi connectivity index (χ4n) is 7.50. The van der Waals surface area contributed by atoms with Crippen LogP contribution >= 0.6 is 0 Å². The molecule has 58 heavy (non-hydrogen) atoms. The number of hydrogen-bond acceptors (Lipinski definition) is 3. The van der Waals surface area contributed by atoms with E-state index < -0.39 is 0 Å². The van der Waals surface area contributed by atoms with Gasteiger partial charge in [-0.3, -0.25) is 0 Å². The molecule has 0 bridgehead atoms. The molecule has 3 nitrogen and oxygen atoms in total. The van der Waals surface area contributed by atoms with Crippen molar-refractivity contribution >= 4 is 11.1 Å². The summed E-state index contributed by atoms with van der Waals surface area (Å²) in [6.07, 6.45) is 0. The van der Waals surface area contributed by atoms with E-state index in [0.717, 1.165) is 78.2 Å². The van der Waals surface area contributed by atoms with E-state index in [1.807, 2.05) is 54.6 Å². The van der Waals surface area contributed by atoms with E-state index in [-0.39, 0.29) is 0 Å². The summed E-state index contributed by atoms with van der Waals surface area (Å²) in [7, 11) is 0. The topological polar surface area (TPSA) is 49.6 Å². The summed E-state index contributed by atoms with van der Waals surface area (Å²) in [5.74, 6) is 0.626. The lowest BCUT2D eigenvalue weighted by atomic mass is 9.85. The first-order chi connectivity index (χ1) is 28.7. The van der Waals surface area contributed by atoms with E-state index in [1.165, 1.54) is 5.57 Å². The first-order valence-corrected chi connectivity index (χ1v) is 19.4. The summed E-state index contributed by atoms with van der Waals surface area (Å²) in [6, 6.07) is 79.9. The van der Waals surface area contributed by atoms with Crippen LogP contribution in [-0.2, 0) is 0 Å². The third-order valence-electron chi connectivity index (χ3n) is 10.3. The third kappa shape index (κ3) is 7.64. The van der Waals surface area contributed by atoms with Gasteiger partial charge in [-0.05, 0) is 92.1 Å². The van der Waals surface area contributed by atoms with E-state index in [4.69, 9.17) is 9.97 Å². The van der Waals surface area contributed by atoms with Gasteiger partial charge in [0, 0.05) is 16.7 Å². The van der Waals surface area contributed by atoms with Crippen LogP contribution in [0.15, 0.2) is 224 Å². The van der Waals surface area contributed by atoms with Gasteiger partial charge >= 0.3 is 0 Å². The largest absolute Gasteiger partial charge is 0.228 e. The average Bonchev–Trinajstić information content (AvgIpc) is 3.32. The van der Waals surface area contributed by atoms with Crippen molar-refractivity contribution in [3.63, 3.8) is 0 Å². The normalized spacial score (nSPS) is 10.7. The van der Waals surface area contributed by atoms with Crippen LogP contribution in [0.2, 0.25) is 0 Å². The van der Waals surface area contributed by atoms with Gasteiger partial charge in [0.15, 0.2) is 5.82 Å². The van der Waals surface area contributed by atoms with Gasteiger partial charge in [0.25, 0.3) is 0 Å². The van der Waals surface area contributed by atoms with Crippen LogP contribution in [0, 0.1) is 11.3 Å². The van der Waals surface area contributed by atoms with Crippen LogP contribution in [0.1, 0.15) is 27.8 Å². The highest BCUT2D eigenvalue weighted by Crippen LogP contribution is 2.39. The lowest BCUT2D eigenvalue weighted by Crippen LogP contribution is -1.98. The third-order valence-corrected chi connectivity index (χ3v) is 10.3. The Balaban J connectivity index is 1.23. The SMILES string of the molecule is N#Cc1cccc(-c2cc(-c3ccc(C(=C(c4ccccc4)c4ccccc4)c4ccccc4)cc3)cc(-c3nc(-c4ccccc4)cc(-c4ccccc4)n3)c2)c1. The van der Waals surface area contributed by atoms with Gasteiger partial charge in [0.1, 0.15) is 0 Å². The second kappa shape index (κ2) is 16.4. The molecule has 1 aromatic heterocycles. The van der Waals surface area contributed by atoms with Gasteiger partial charge in [-0.1, -0.05) is 188 Å². The first-order valence-electron chi connectivity index (χ1n) is 19.4. The Labute approximate surface area is 339 Å². The number of rotatable bonds is 9. The molecule has 0 amide bonds. The molecule has 0 N–H and O–H groups in total. The van der Waals surface area contributed by atoms with Crippen LogP contribution in [0.3, 0.4) is 0 Å². The van der Waals surface area contributed by atoms with Crippen molar-refractivity contribution in [3.05, 3.63) is 252 Å². The fraction of sp³-hybridized carbons (Fsp3) is 0. The zero-order valence-corrected chi connectivity index (χ0v) is 31.7. The predicted molar refractivity (Wildman–Crippen MR) is 238 cm³/mol. The summed E-state index contributed by atoms with van der Waals surface area (Å²) >= 11 is 0. The van der Waals surface area contributed by atoms with Gasteiger partial charge in [-0.2, -0.15) is 5.26 Å². The molecule has 0 fully saturated rings. The molecule has 0 unspecified atom stereocenters. The summed E-state index contributed by atoms with van der Waals surface area (Å²) in [6.45, 7) is 0. The number of nitrogens with zero attached hydrogens (tertiary/aromatic N) is 3. The molecule has 272 valence electrons. The highest BCUT2D eigenvalue weighted by molar-refractivity contribution is 6.04. The van der Waals surface area contributed by atoms with Crippen molar-refractivity contribution in [1.82, 2.24) is 9.97 Å². The molecule has 0 saturated heterocycles. The molecule has 0 atom stereocenters. The van der Waals surface area contributed by atoms with Gasteiger partial charge in [-0.15, -0.1) is 0 Å². The highest BCUT2D eigenvalue weighted by atomic mass is 14.9. The van der Waals surface area contributed by atoms with Crippen LogP contribution in [0.5, 0.6) is 0 Å².